The van der Waals surface area contributed by atoms with Gasteiger partial charge in [0.05, 0.1) is 6.54 Å². The number of aliphatic hydroxyl groups is 1. The van der Waals surface area contributed by atoms with Gasteiger partial charge >= 0.3 is 6.03 Å². The number of hydrogen-bond donors (Lipinski definition) is 2. The van der Waals surface area contributed by atoms with Gasteiger partial charge in [-0.25, -0.2) is 4.79 Å². The summed E-state index contributed by atoms with van der Waals surface area (Å²) >= 11 is 0. The Hall–Kier alpha value is -2.08. The van der Waals surface area contributed by atoms with Gasteiger partial charge in [-0.2, -0.15) is 0 Å². The molecule has 6 heteroatoms. The number of urea groups is 1. The van der Waals surface area contributed by atoms with Gasteiger partial charge in [0.1, 0.15) is 24.0 Å². The van der Waals surface area contributed by atoms with Crippen molar-refractivity contribution in [3.63, 3.8) is 0 Å². The van der Waals surface area contributed by atoms with Gasteiger partial charge in [-0.1, -0.05) is 52.8 Å². The average Bonchev–Trinajstić information content (AvgIpc) is 2.84. The van der Waals surface area contributed by atoms with Gasteiger partial charge in [-0.15, -0.1) is 0 Å². The minimum Gasteiger partial charge on any atom is -0.491 e. The molecular formula is C20H30N2O4. The van der Waals surface area contributed by atoms with Crippen LogP contribution in [-0.2, 0) is 10.2 Å². The quantitative estimate of drug-likeness (QED) is 0.731. The fraction of sp³-hybridized carbons (Fsp3) is 0.600. The number of hydrogen-bond acceptors (Lipinski definition) is 4. The molecule has 3 amide bonds. The molecule has 0 bridgehead atoms. The highest BCUT2D eigenvalue weighted by atomic mass is 16.5. The highest BCUT2D eigenvalue weighted by Crippen LogP contribution is 2.31. The van der Waals surface area contributed by atoms with Crippen LogP contribution >= 0.6 is 0 Å². The molecule has 144 valence electrons. The second kappa shape index (κ2) is 7.66. The van der Waals surface area contributed by atoms with E-state index < -0.39 is 17.7 Å². The molecule has 1 aliphatic heterocycles. The first-order valence-electron chi connectivity index (χ1n) is 9.19. The van der Waals surface area contributed by atoms with Crippen molar-refractivity contribution in [2.45, 2.75) is 64.5 Å². The maximum Gasteiger partial charge on any atom is 0.325 e. The van der Waals surface area contributed by atoms with E-state index in [1.807, 2.05) is 38.1 Å². The van der Waals surface area contributed by atoms with Crippen LogP contribution in [0.3, 0.4) is 0 Å². The Morgan fingerprint density at radius 1 is 1.19 bits per heavy atom. The number of imide groups is 1. The summed E-state index contributed by atoms with van der Waals surface area (Å²) in [5.41, 5.74) is 0.100. The lowest BCUT2D eigenvalue weighted by atomic mass is 9.86. The van der Waals surface area contributed by atoms with E-state index in [1.54, 1.807) is 0 Å². The maximum atomic E-state index is 12.6. The van der Waals surface area contributed by atoms with Gasteiger partial charge in [0.25, 0.3) is 5.91 Å². The number of nitrogens with one attached hydrogen (secondary N) is 1. The van der Waals surface area contributed by atoms with Crippen molar-refractivity contribution in [2.75, 3.05) is 13.2 Å². The molecule has 0 spiro atoms. The molecule has 1 aromatic rings. The summed E-state index contributed by atoms with van der Waals surface area (Å²) in [4.78, 5) is 25.8. The first-order valence-corrected chi connectivity index (χ1v) is 9.19. The van der Waals surface area contributed by atoms with Crippen molar-refractivity contribution in [3.05, 3.63) is 29.8 Å². The Bertz CT molecular complexity index is 662. The lowest BCUT2D eigenvalue weighted by Crippen LogP contribution is -2.46. The molecule has 0 radical (unpaired) electrons. The molecule has 1 saturated heterocycles. The van der Waals surface area contributed by atoms with Gasteiger partial charge in [-0.3, -0.25) is 9.69 Å². The largest absolute Gasteiger partial charge is 0.491 e. The van der Waals surface area contributed by atoms with E-state index in [1.165, 1.54) is 0 Å². The monoisotopic (exact) mass is 362 g/mol. The molecule has 26 heavy (non-hydrogen) atoms. The van der Waals surface area contributed by atoms with Crippen molar-refractivity contribution >= 4 is 11.9 Å². The van der Waals surface area contributed by atoms with Crippen LogP contribution in [0.25, 0.3) is 0 Å². The van der Waals surface area contributed by atoms with E-state index in [4.69, 9.17) is 4.74 Å². The number of carbonyl (C=O) groups excluding carboxylic acids is 2. The van der Waals surface area contributed by atoms with E-state index in [2.05, 4.69) is 26.1 Å². The smallest absolute Gasteiger partial charge is 0.325 e. The predicted octanol–water partition coefficient (Wildman–Crippen LogP) is 2.83. The normalized spacial score (nSPS) is 18.0. The number of rotatable bonds is 7. The minimum absolute atomic E-state index is 0.00933. The Morgan fingerprint density at radius 2 is 1.81 bits per heavy atom. The SMILES string of the molecule is CCC1(CC)NC(=O)N(CC(O)COc2ccccc2C(C)(C)C)C1=O. The predicted molar refractivity (Wildman–Crippen MR) is 100 cm³/mol. The molecule has 1 fully saturated rings. The van der Waals surface area contributed by atoms with Gasteiger partial charge < -0.3 is 15.2 Å². The fourth-order valence-corrected chi connectivity index (χ4v) is 3.23. The number of β-amino-alcohol motifs (C(OH)–C–C–N with tert-alkyl or cyclic N) is 1. The number of amides is 3. The van der Waals surface area contributed by atoms with Crippen LogP contribution in [-0.4, -0.2) is 46.7 Å². The zero-order chi connectivity index (χ0) is 19.5. The second-order valence-corrected chi connectivity index (χ2v) is 7.85. The standard InChI is InChI=1S/C20H30N2O4/c1-6-20(7-2)17(24)22(18(25)21-20)12-14(23)13-26-16-11-9-8-10-15(16)19(3,4)5/h8-11,14,23H,6-7,12-13H2,1-5H3,(H,21,25). The number of benzene rings is 1. The molecule has 0 aromatic heterocycles. The first kappa shape index (κ1) is 20.2. The third-order valence-corrected chi connectivity index (χ3v) is 4.97. The van der Waals surface area contributed by atoms with Gasteiger partial charge in [-0.05, 0) is 29.9 Å². The lowest BCUT2D eigenvalue weighted by molar-refractivity contribution is -0.132. The third kappa shape index (κ3) is 4.01. The fourth-order valence-electron chi connectivity index (χ4n) is 3.23. The molecule has 0 saturated carbocycles. The van der Waals surface area contributed by atoms with Gasteiger partial charge in [0.2, 0.25) is 0 Å². The number of nitrogens with zero attached hydrogens (tertiary/aromatic N) is 1. The molecule has 2 rings (SSSR count). The molecule has 1 heterocycles. The Labute approximate surface area is 155 Å². The summed E-state index contributed by atoms with van der Waals surface area (Å²) in [6, 6.07) is 7.24. The van der Waals surface area contributed by atoms with Crippen LogP contribution in [0.15, 0.2) is 24.3 Å². The van der Waals surface area contributed by atoms with Gasteiger partial charge in [0, 0.05) is 0 Å². The van der Waals surface area contributed by atoms with E-state index in [0.29, 0.717) is 18.6 Å². The minimum atomic E-state index is -0.956. The second-order valence-electron chi connectivity index (χ2n) is 7.85. The van der Waals surface area contributed by atoms with Crippen LogP contribution in [0.5, 0.6) is 5.75 Å². The topological polar surface area (TPSA) is 78.9 Å². The van der Waals surface area contributed by atoms with E-state index in [0.717, 1.165) is 10.5 Å². The zero-order valence-corrected chi connectivity index (χ0v) is 16.3. The maximum absolute atomic E-state index is 12.6. The summed E-state index contributed by atoms with van der Waals surface area (Å²) < 4.78 is 5.79. The van der Waals surface area contributed by atoms with Crippen molar-refractivity contribution < 1.29 is 19.4 Å². The van der Waals surface area contributed by atoms with Crippen LogP contribution in [0.1, 0.15) is 53.0 Å². The molecule has 1 aromatic carbocycles. The van der Waals surface area contributed by atoms with Crippen molar-refractivity contribution in [3.8, 4) is 5.75 Å². The molecule has 1 atom stereocenters. The molecular weight excluding hydrogens is 332 g/mol. The Balaban J connectivity index is 2.01. The molecule has 0 aliphatic carbocycles. The average molecular weight is 362 g/mol. The highest BCUT2D eigenvalue weighted by molar-refractivity contribution is 6.07. The van der Waals surface area contributed by atoms with E-state index >= 15 is 0 Å². The summed E-state index contributed by atoms with van der Waals surface area (Å²) in [5.74, 6) is 0.425. The highest BCUT2D eigenvalue weighted by Gasteiger charge is 2.49. The van der Waals surface area contributed by atoms with Crippen molar-refractivity contribution in [1.82, 2.24) is 10.2 Å². The number of ether oxygens (including phenoxy) is 1. The van der Waals surface area contributed by atoms with Crippen molar-refractivity contribution in [1.29, 1.82) is 0 Å². The summed E-state index contributed by atoms with van der Waals surface area (Å²) in [6.45, 7) is 9.94. The van der Waals surface area contributed by atoms with E-state index in [9.17, 15) is 14.7 Å². The Morgan fingerprint density at radius 3 is 2.35 bits per heavy atom. The van der Waals surface area contributed by atoms with E-state index in [-0.39, 0.29) is 24.5 Å². The van der Waals surface area contributed by atoms with Gasteiger partial charge in [0.15, 0.2) is 0 Å². The summed E-state index contributed by atoms with van der Waals surface area (Å²) in [7, 11) is 0. The molecule has 1 unspecified atom stereocenters. The van der Waals surface area contributed by atoms with Crippen LogP contribution in [0, 0.1) is 0 Å². The number of para-hydroxylation sites is 1. The molecule has 6 nitrogen and oxygen atoms in total. The summed E-state index contributed by atoms with van der Waals surface area (Å²) in [6.07, 6.45) is 0.0916. The van der Waals surface area contributed by atoms with Crippen LogP contribution < -0.4 is 10.1 Å². The Kier molecular flexibility index (Phi) is 5.96. The van der Waals surface area contributed by atoms with Crippen molar-refractivity contribution in [2.24, 2.45) is 0 Å². The number of aliphatic hydroxyl groups excluding tert-OH is 1. The summed E-state index contributed by atoms with van der Waals surface area (Å²) in [5, 5.41) is 13.1. The first-order chi connectivity index (χ1) is 12.1. The molecule has 2 N–H and O–H groups in total. The van der Waals surface area contributed by atoms with Crippen LogP contribution in [0.2, 0.25) is 0 Å². The number of carbonyl (C=O) groups is 2. The zero-order valence-electron chi connectivity index (χ0n) is 16.3. The third-order valence-electron chi connectivity index (χ3n) is 4.97. The molecule has 1 aliphatic rings. The van der Waals surface area contributed by atoms with Crippen LogP contribution in [0.4, 0.5) is 4.79 Å². The lowest BCUT2D eigenvalue weighted by Gasteiger charge is -2.25.